The highest BCUT2D eigenvalue weighted by Gasteiger charge is 2.38. The van der Waals surface area contributed by atoms with Gasteiger partial charge in [-0.15, -0.1) is 11.3 Å². The summed E-state index contributed by atoms with van der Waals surface area (Å²) >= 11 is 1.63. The summed E-state index contributed by atoms with van der Waals surface area (Å²) in [5, 5.41) is 2.98. The summed E-state index contributed by atoms with van der Waals surface area (Å²) in [6.45, 7) is 7.52. The molecule has 1 aromatic heterocycles. The number of aryl methyl sites for hydroxylation is 1. The van der Waals surface area contributed by atoms with Gasteiger partial charge in [0.05, 0.1) is 5.92 Å². The molecule has 0 radical (unpaired) electrons. The zero-order valence-electron chi connectivity index (χ0n) is 15.7. The van der Waals surface area contributed by atoms with Crippen molar-refractivity contribution in [2.45, 2.75) is 20.3 Å². The molecule has 2 aliphatic heterocycles. The summed E-state index contributed by atoms with van der Waals surface area (Å²) in [4.78, 5) is 35.8. The highest BCUT2D eigenvalue weighted by molar-refractivity contribution is 7.13. The predicted octanol–water partition coefficient (Wildman–Crippen LogP) is 2.46. The molecule has 2 fully saturated rings. The van der Waals surface area contributed by atoms with Gasteiger partial charge in [0.25, 0.3) is 0 Å². The Morgan fingerprint density at radius 2 is 1.96 bits per heavy atom. The Morgan fingerprint density at radius 1 is 1.19 bits per heavy atom. The van der Waals surface area contributed by atoms with E-state index in [2.05, 4.69) is 9.88 Å². The summed E-state index contributed by atoms with van der Waals surface area (Å²) < 4.78 is 0. The van der Waals surface area contributed by atoms with Gasteiger partial charge in [-0.25, -0.2) is 4.98 Å². The lowest BCUT2D eigenvalue weighted by atomic mass is 10.1. The van der Waals surface area contributed by atoms with Gasteiger partial charge in [-0.2, -0.15) is 0 Å². The summed E-state index contributed by atoms with van der Waals surface area (Å²) in [6.07, 6.45) is 2.11. The van der Waals surface area contributed by atoms with Crippen LogP contribution in [0.2, 0.25) is 0 Å². The minimum Gasteiger partial charge on any atom is -0.345 e. The van der Waals surface area contributed by atoms with Crippen LogP contribution in [0.25, 0.3) is 0 Å². The summed E-state index contributed by atoms with van der Waals surface area (Å²) in [7, 11) is 0. The van der Waals surface area contributed by atoms with Crippen molar-refractivity contribution < 1.29 is 9.59 Å². The average Bonchev–Trinajstić information content (AvgIpc) is 3.34. The number of nitrogens with zero attached hydrogens (tertiary/aromatic N) is 4. The van der Waals surface area contributed by atoms with Gasteiger partial charge in [0, 0.05) is 56.4 Å². The highest BCUT2D eigenvalue weighted by atomic mass is 32.1. The molecule has 1 aromatic carbocycles. The largest absolute Gasteiger partial charge is 0.345 e. The smallest absolute Gasteiger partial charge is 0.228 e. The van der Waals surface area contributed by atoms with Crippen LogP contribution >= 0.6 is 11.3 Å². The molecule has 0 spiro atoms. The number of anilines is 2. The van der Waals surface area contributed by atoms with Crippen LogP contribution in [0.3, 0.4) is 0 Å². The molecule has 0 saturated carbocycles. The maximum absolute atomic E-state index is 13.0. The third kappa shape index (κ3) is 3.43. The number of hydrogen-bond acceptors (Lipinski definition) is 5. The van der Waals surface area contributed by atoms with Crippen molar-refractivity contribution in [2.24, 2.45) is 5.92 Å². The van der Waals surface area contributed by atoms with Crippen molar-refractivity contribution in [1.82, 2.24) is 9.88 Å². The lowest BCUT2D eigenvalue weighted by molar-refractivity contribution is -0.136. The van der Waals surface area contributed by atoms with Gasteiger partial charge >= 0.3 is 0 Å². The first-order valence-electron chi connectivity index (χ1n) is 9.34. The molecule has 2 aromatic rings. The third-order valence-corrected chi connectivity index (χ3v) is 6.45. The first-order chi connectivity index (χ1) is 13.0. The van der Waals surface area contributed by atoms with Gasteiger partial charge in [0.1, 0.15) is 0 Å². The number of carbonyl (C=O) groups excluding carboxylic acids is 2. The molecule has 1 atom stereocenters. The number of amides is 2. The Morgan fingerprint density at radius 3 is 2.67 bits per heavy atom. The molecular formula is C20H24N4O2S. The van der Waals surface area contributed by atoms with Crippen molar-refractivity contribution in [3.8, 4) is 0 Å². The van der Waals surface area contributed by atoms with Crippen LogP contribution in [0.5, 0.6) is 0 Å². The SMILES string of the molecule is Cc1cccc(N2C[C@H](C(=O)N3CCN(c4nccs4)CC3)CC2=O)c1C. The molecule has 142 valence electrons. The first-order valence-corrected chi connectivity index (χ1v) is 10.2. The summed E-state index contributed by atoms with van der Waals surface area (Å²) in [5.74, 6) is -0.0951. The van der Waals surface area contributed by atoms with Crippen LogP contribution in [-0.2, 0) is 9.59 Å². The first kappa shape index (κ1) is 18.0. The van der Waals surface area contributed by atoms with Crippen molar-refractivity contribution >= 4 is 34.0 Å². The maximum Gasteiger partial charge on any atom is 0.228 e. The van der Waals surface area contributed by atoms with Crippen LogP contribution in [0.1, 0.15) is 17.5 Å². The van der Waals surface area contributed by atoms with Gasteiger partial charge in [0.15, 0.2) is 5.13 Å². The molecule has 0 unspecified atom stereocenters. The lowest BCUT2D eigenvalue weighted by Gasteiger charge is -2.35. The van der Waals surface area contributed by atoms with Crippen LogP contribution in [-0.4, -0.2) is 54.4 Å². The standard InChI is InChI=1S/C20H24N4O2S/c1-14-4-3-5-17(15(14)2)24-13-16(12-18(24)25)19(26)22-7-9-23(10-8-22)20-21-6-11-27-20/h3-6,11,16H,7-10,12-13H2,1-2H3/t16-/m1/s1. The van der Waals surface area contributed by atoms with E-state index in [0.717, 1.165) is 35.0 Å². The van der Waals surface area contributed by atoms with Crippen molar-refractivity contribution in [1.29, 1.82) is 0 Å². The number of carbonyl (C=O) groups is 2. The Hall–Kier alpha value is -2.41. The fourth-order valence-corrected chi connectivity index (χ4v) is 4.58. The van der Waals surface area contributed by atoms with E-state index in [4.69, 9.17) is 0 Å². The second kappa shape index (κ2) is 7.31. The molecule has 0 bridgehead atoms. The number of benzene rings is 1. The second-order valence-corrected chi connectivity index (χ2v) is 8.12. The number of hydrogen-bond donors (Lipinski definition) is 0. The van der Waals surface area contributed by atoms with Crippen molar-refractivity contribution in [3.05, 3.63) is 40.9 Å². The molecule has 2 saturated heterocycles. The van der Waals surface area contributed by atoms with E-state index in [1.807, 2.05) is 48.5 Å². The number of rotatable bonds is 3. The van der Waals surface area contributed by atoms with E-state index in [0.29, 0.717) is 26.1 Å². The van der Waals surface area contributed by atoms with Crippen LogP contribution in [0, 0.1) is 19.8 Å². The predicted molar refractivity (Wildman–Crippen MR) is 107 cm³/mol. The van der Waals surface area contributed by atoms with Crippen LogP contribution < -0.4 is 9.80 Å². The molecule has 2 aliphatic rings. The van der Waals surface area contributed by atoms with E-state index in [1.54, 1.807) is 16.2 Å². The van der Waals surface area contributed by atoms with Crippen molar-refractivity contribution in [3.63, 3.8) is 0 Å². The Labute approximate surface area is 163 Å². The topological polar surface area (TPSA) is 56.8 Å². The summed E-state index contributed by atoms with van der Waals surface area (Å²) in [6, 6.07) is 5.99. The molecule has 2 amide bonds. The second-order valence-electron chi connectivity index (χ2n) is 7.25. The van der Waals surface area contributed by atoms with Gasteiger partial charge in [0.2, 0.25) is 11.8 Å². The monoisotopic (exact) mass is 384 g/mol. The molecule has 0 aliphatic carbocycles. The molecule has 4 rings (SSSR count). The average molecular weight is 385 g/mol. The van der Waals surface area contributed by atoms with E-state index in [1.165, 1.54) is 0 Å². The fourth-order valence-electron chi connectivity index (χ4n) is 3.88. The van der Waals surface area contributed by atoms with E-state index in [-0.39, 0.29) is 17.7 Å². The van der Waals surface area contributed by atoms with Gasteiger partial charge < -0.3 is 14.7 Å². The van der Waals surface area contributed by atoms with Gasteiger partial charge in [-0.1, -0.05) is 12.1 Å². The fraction of sp³-hybridized carbons (Fsp3) is 0.450. The molecule has 3 heterocycles. The van der Waals surface area contributed by atoms with Gasteiger partial charge in [-0.05, 0) is 31.0 Å². The van der Waals surface area contributed by atoms with E-state index < -0.39 is 0 Å². The zero-order chi connectivity index (χ0) is 19.0. The quantitative estimate of drug-likeness (QED) is 0.816. The number of aromatic nitrogens is 1. The molecular weight excluding hydrogens is 360 g/mol. The van der Waals surface area contributed by atoms with E-state index >= 15 is 0 Å². The minimum absolute atomic E-state index is 0.0449. The number of piperazine rings is 1. The Balaban J connectivity index is 1.40. The summed E-state index contributed by atoms with van der Waals surface area (Å²) in [5.41, 5.74) is 3.20. The van der Waals surface area contributed by atoms with Gasteiger partial charge in [-0.3, -0.25) is 9.59 Å². The Kier molecular flexibility index (Phi) is 4.86. The molecule has 27 heavy (non-hydrogen) atoms. The minimum atomic E-state index is -0.246. The zero-order valence-corrected chi connectivity index (χ0v) is 16.5. The number of thiazole rings is 1. The molecule has 6 nitrogen and oxygen atoms in total. The lowest BCUT2D eigenvalue weighted by Crippen LogP contribution is -2.50. The normalized spacial score (nSPS) is 20.4. The highest BCUT2D eigenvalue weighted by Crippen LogP contribution is 2.30. The maximum atomic E-state index is 13.0. The Bertz CT molecular complexity index is 844. The molecule has 0 N–H and O–H groups in total. The van der Waals surface area contributed by atoms with Crippen LogP contribution in [0.15, 0.2) is 29.8 Å². The van der Waals surface area contributed by atoms with Crippen molar-refractivity contribution in [2.75, 3.05) is 42.5 Å². The van der Waals surface area contributed by atoms with E-state index in [9.17, 15) is 9.59 Å². The molecule has 7 heteroatoms. The van der Waals surface area contributed by atoms with Crippen LogP contribution in [0.4, 0.5) is 10.8 Å². The third-order valence-electron chi connectivity index (χ3n) is 5.62.